The molecule has 0 unspecified atom stereocenters. The van der Waals surface area contributed by atoms with Gasteiger partial charge in [0.25, 0.3) is 0 Å². The van der Waals surface area contributed by atoms with Gasteiger partial charge >= 0.3 is 12.1 Å². The molecular formula is C19H23F3N4O3. The van der Waals surface area contributed by atoms with Crippen molar-refractivity contribution < 1.29 is 27.4 Å². The van der Waals surface area contributed by atoms with Crippen LogP contribution in [0.25, 0.3) is 17.6 Å². The van der Waals surface area contributed by atoms with E-state index in [1.807, 2.05) is 19.0 Å². The third-order valence-electron chi connectivity index (χ3n) is 3.52. The summed E-state index contributed by atoms with van der Waals surface area (Å²) in [5, 5.41) is 4.08. The fraction of sp³-hybridized carbons (Fsp3) is 0.421. The molecule has 0 radical (unpaired) electrons. The summed E-state index contributed by atoms with van der Waals surface area (Å²) in [6.45, 7) is 4.21. The highest BCUT2D eigenvalue weighted by Crippen LogP contribution is 2.34. The molecule has 0 aliphatic heterocycles. The summed E-state index contributed by atoms with van der Waals surface area (Å²) in [5.41, 5.74) is -0.709. The Morgan fingerprint density at radius 2 is 2.00 bits per heavy atom. The molecule has 2 rings (SSSR count). The molecule has 0 saturated carbocycles. The summed E-state index contributed by atoms with van der Waals surface area (Å²) < 4.78 is 51.4. The lowest BCUT2D eigenvalue weighted by Gasteiger charge is -2.14. The van der Waals surface area contributed by atoms with E-state index in [4.69, 9.17) is 9.47 Å². The number of alkyl halides is 3. The van der Waals surface area contributed by atoms with Crippen LogP contribution in [0.3, 0.4) is 0 Å². The lowest BCUT2D eigenvalue weighted by molar-refractivity contribution is -0.141. The zero-order valence-electron chi connectivity index (χ0n) is 16.6. The first-order valence-electron chi connectivity index (χ1n) is 8.84. The molecule has 1 heterocycles. The minimum absolute atomic E-state index is 0.0652. The lowest BCUT2D eigenvalue weighted by atomic mass is 10.1. The maximum Gasteiger partial charge on any atom is 0.416 e. The molecule has 29 heavy (non-hydrogen) atoms. The van der Waals surface area contributed by atoms with E-state index >= 15 is 0 Å². The van der Waals surface area contributed by atoms with Crippen molar-refractivity contribution in [3.05, 3.63) is 36.2 Å². The Morgan fingerprint density at radius 3 is 2.62 bits per heavy atom. The van der Waals surface area contributed by atoms with Crippen LogP contribution in [0.1, 0.15) is 19.4 Å². The monoisotopic (exact) mass is 412 g/mol. The molecule has 10 heteroatoms. The molecule has 0 aliphatic rings. The zero-order valence-corrected chi connectivity index (χ0v) is 16.6. The molecular weight excluding hydrogens is 389 g/mol. The van der Waals surface area contributed by atoms with Crippen molar-refractivity contribution in [1.29, 1.82) is 0 Å². The number of benzene rings is 1. The Balaban J connectivity index is 2.25. The maximum absolute atomic E-state index is 13.3. The minimum Gasteiger partial charge on any atom is -0.492 e. The Morgan fingerprint density at radius 1 is 1.28 bits per heavy atom. The first kappa shape index (κ1) is 22.4. The molecule has 158 valence electrons. The van der Waals surface area contributed by atoms with Crippen molar-refractivity contribution in [2.45, 2.75) is 26.1 Å². The van der Waals surface area contributed by atoms with E-state index in [2.05, 4.69) is 10.1 Å². The number of rotatable bonds is 8. The zero-order chi connectivity index (χ0) is 21.6. The van der Waals surface area contributed by atoms with Crippen LogP contribution in [-0.2, 0) is 15.7 Å². The molecule has 0 spiro atoms. The number of carbonyl (C=O) groups excluding carboxylic acids is 1. The van der Waals surface area contributed by atoms with Crippen LogP contribution in [0.5, 0.6) is 5.75 Å². The summed E-state index contributed by atoms with van der Waals surface area (Å²) in [5.74, 6) is -0.424. The maximum atomic E-state index is 13.3. The van der Waals surface area contributed by atoms with Gasteiger partial charge in [-0.25, -0.2) is 14.5 Å². The van der Waals surface area contributed by atoms with E-state index in [1.54, 1.807) is 13.8 Å². The normalized spacial score (nSPS) is 12.2. The quantitative estimate of drug-likeness (QED) is 0.489. The van der Waals surface area contributed by atoms with Gasteiger partial charge in [-0.15, -0.1) is 5.10 Å². The third kappa shape index (κ3) is 7.22. The van der Waals surface area contributed by atoms with Gasteiger partial charge in [-0.3, -0.25) is 0 Å². The van der Waals surface area contributed by atoms with E-state index in [9.17, 15) is 18.0 Å². The fourth-order valence-electron chi connectivity index (χ4n) is 2.21. The summed E-state index contributed by atoms with van der Waals surface area (Å²) in [6.07, 6.45) is -1.07. The topological polar surface area (TPSA) is 69.5 Å². The van der Waals surface area contributed by atoms with E-state index < -0.39 is 17.7 Å². The fourth-order valence-corrected chi connectivity index (χ4v) is 2.21. The predicted octanol–water partition coefficient (Wildman–Crippen LogP) is 3.33. The van der Waals surface area contributed by atoms with Crippen molar-refractivity contribution in [3.8, 4) is 17.1 Å². The smallest absolute Gasteiger partial charge is 0.416 e. The van der Waals surface area contributed by atoms with Crippen LogP contribution in [0.2, 0.25) is 0 Å². The first-order chi connectivity index (χ1) is 13.5. The number of carbonyl (C=O) groups is 1. The average molecular weight is 412 g/mol. The molecule has 2 aromatic rings. The highest BCUT2D eigenvalue weighted by Gasteiger charge is 2.32. The number of aromatic nitrogens is 3. The van der Waals surface area contributed by atoms with Crippen LogP contribution in [0.4, 0.5) is 13.2 Å². The summed E-state index contributed by atoms with van der Waals surface area (Å²) in [4.78, 5) is 17.4. The van der Waals surface area contributed by atoms with E-state index in [0.717, 1.165) is 18.2 Å². The van der Waals surface area contributed by atoms with Gasteiger partial charge in [0.05, 0.1) is 11.7 Å². The molecule has 0 aliphatic carbocycles. The number of likely N-dealkylation sites (N-methyl/N-ethyl adjacent to an activating group) is 1. The van der Waals surface area contributed by atoms with Crippen LogP contribution in [-0.4, -0.2) is 59.0 Å². The largest absolute Gasteiger partial charge is 0.492 e. The Kier molecular flexibility index (Phi) is 7.38. The molecule has 0 saturated heterocycles. The Bertz CT molecular complexity index is 861. The van der Waals surface area contributed by atoms with Crippen LogP contribution >= 0.6 is 0 Å². The van der Waals surface area contributed by atoms with Gasteiger partial charge in [0.1, 0.15) is 18.7 Å². The van der Waals surface area contributed by atoms with Crippen LogP contribution in [0.15, 0.2) is 30.6 Å². The highest BCUT2D eigenvalue weighted by atomic mass is 19.4. The average Bonchev–Trinajstić information content (AvgIpc) is 3.07. The molecule has 0 atom stereocenters. The SMILES string of the molecule is CC(C)OC(=O)C=Cn1cnc(-c2cc(OCCN(C)C)cc(C(F)(F)F)c2)n1. The summed E-state index contributed by atoms with van der Waals surface area (Å²) in [6, 6.07) is 3.34. The number of halogens is 3. The van der Waals surface area contributed by atoms with Gasteiger partial charge in [0.2, 0.25) is 0 Å². The first-order valence-corrected chi connectivity index (χ1v) is 8.84. The second-order valence-electron chi connectivity index (χ2n) is 6.75. The number of ether oxygens (including phenoxy) is 2. The van der Waals surface area contributed by atoms with E-state index in [-0.39, 0.29) is 29.8 Å². The van der Waals surface area contributed by atoms with Crippen molar-refractivity contribution in [2.24, 2.45) is 0 Å². The van der Waals surface area contributed by atoms with Crippen molar-refractivity contribution in [1.82, 2.24) is 19.7 Å². The molecule has 7 nitrogen and oxygen atoms in total. The molecule has 1 aromatic carbocycles. The number of esters is 1. The molecule has 0 amide bonds. The van der Waals surface area contributed by atoms with Crippen LogP contribution < -0.4 is 4.74 Å². The van der Waals surface area contributed by atoms with Crippen molar-refractivity contribution in [2.75, 3.05) is 27.2 Å². The van der Waals surface area contributed by atoms with Crippen molar-refractivity contribution in [3.63, 3.8) is 0 Å². The minimum atomic E-state index is -4.54. The second kappa shape index (κ2) is 9.55. The van der Waals surface area contributed by atoms with E-state index in [0.29, 0.717) is 6.54 Å². The molecule has 0 bridgehead atoms. The molecule has 0 fully saturated rings. The van der Waals surface area contributed by atoms with Gasteiger partial charge in [0, 0.05) is 24.4 Å². The lowest BCUT2D eigenvalue weighted by Crippen LogP contribution is -2.19. The van der Waals surface area contributed by atoms with E-state index in [1.165, 1.54) is 23.3 Å². The van der Waals surface area contributed by atoms with Gasteiger partial charge in [0.15, 0.2) is 5.82 Å². The van der Waals surface area contributed by atoms with Crippen LogP contribution in [0, 0.1) is 0 Å². The van der Waals surface area contributed by atoms with Gasteiger partial charge < -0.3 is 14.4 Å². The van der Waals surface area contributed by atoms with Crippen molar-refractivity contribution >= 4 is 12.2 Å². The standard InChI is InChI=1S/C19H23F3N4O3/c1-13(2)29-17(27)5-6-26-12-23-18(24-26)14-9-15(19(20,21)22)11-16(10-14)28-8-7-25(3)4/h5-6,9-13H,7-8H2,1-4H3. The number of hydrogen-bond donors (Lipinski definition) is 0. The van der Waals surface area contributed by atoms with Gasteiger partial charge in [-0.2, -0.15) is 13.2 Å². The summed E-state index contributed by atoms with van der Waals surface area (Å²) >= 11 is 0. The number of nitrogens with zero attached hydrogens (tertiary/aromatic N) is 4. The molecule has 1 aromatic heterocycles. The highest BCUT2D eigenvalue weighted by molar-refractivity contribution is 5.85. The Hall–Kier alpha value is -2.88. The third-order valence-corrected chi connectivity index (χ3v) is 3.52. The molecule has 0 N–H and O–H groups in total. The number of hydrogen-bond acceptors (Lipinski definition) is 6. The Labute approximate surface area is 166 Å². The summed E-state index contributed by atoms with van der Waals surface area (Å²) in [7, 11) is 3.67. The predicted molar refractivity (Wildman–Crippen MR) is 101 cm³/mol. The second-order valence-corrected chi connectivity index (χ2v) is 6.75. The van der Waals surface area contributed by atoms with Gasteiger partial charge in [-0.1, -0.05) is 0 Å². The van der Waals surface area contributed by atoms with Gasteiger partial charge in [-0.05, 0) is 46.1 Å².